The van der Waals surface area contributed by atoms with Gasteiger partial charge in [-0.05, 0) is 45.0 Å². The molecule has 166 valence electrons. The maximum absolute atomic E-state index is 14.6. The van der Waals surface area contributed by atoms with Crippen LogP contribution in [0, 0.1) is 5.82 Å². The molecule has 2 unspecified atom stereocenters. The molecule has 2 atom stereocenters. The van der Waals surface area contributed by atoms with Crippen LogP contribution in [-0.4, -0.2) is 81.4 Å². The number of hydrogen-bond donors (Lipinski definition) is 2. The molecule has 0 aromatic heterocycles. The Kier molecular flexibility index (Phi) is 8.01. The normalized spacial score (nSPS) is 22.6. The van der Waals surface area contributed by atoms with Crippen LogP contribution in [0.15, 0.2) is 18.2 Å². The maximum atomic E-state index is 14.6. The summed E-state index contributed by atoms with van der Waals surface area (Å²) in [5.74, 6) is -1.97. The molecular formula is C21H31FN4O4. The smallest absolute Gasteiger partial charge is 0.313 e. The lowest BCUT2D eigenvalue weighted by Crippen LogP contribution is -2.45. The van der Waals surface area contributed by atoms with Crippen LogP contribution in [-0.2, 0) is 19.1 Å². The van der Waals surface area contributed by atoms with Crippen molar-refractivity contribution in [1.82, 2.24) is 10.2 Å². The largest absolute Gasteiger partial charge is 0.379 e. The molecule has 8 nitrogen and oxygen atoms in total. The molecule has 1 aromatic rings. The van der Waals surface area contributed by atoms with E-state index < -0.39 is 17.6 Å². The quantitative estimate of drug-likeness (QED) is 0.530. The third-order valence-electron chi connectivity index (χ3n) is 5.21. The van der Waals surface area contributed by atoms with Crippen LogP contribution in [0.3, 0.4) is 0 Å². The van der Waals surface area contributed by atoms with E-state index >= 15 is 0 Å². The highest BCUT2D eigenvalue weighted by molar-refractivity contribution is 6.39. The third kappa shape index (κ3) is 6.38. The molecule has 30 heavy (non-hydrogen) atoms. The summed E-state index contributed by atoms with van der Waals surface area (Å²) < 4.78 is 25.6. The first-order valence-corrected chi connectivity index (χ1v) is 10.5. The highest BCUT2D eigenvalue weighted by Gasteiger charge is 2.24. The molecule has 2 aliphatic heterocycles. The number of carbonyl (C=O) groups is 2. The van der Waals surface area contributed by atoms with Crippen LogP contribution >= 0.6 is 0 Å². The molecule has 2 fully saturated rings. The fourth-order valence-corrected chi connectivity index (χ4v) is 3.81. The number of benzene rings is 1. The van der Waals surface area contributed by atoms with Crippen molar-refractivity contribution in [3.05, 3.63) is 24.0 Å². The van der Waals surface area contributed by atoms with Crippen molar-refractivity contribution in [2.45, 2.75) is 32.5 Å². The first kappa shape index (κ1) is 22.5. The van der Waals surface area contributed by atoms with Gasteiger partial charge in [0.05, 0.1) is 31.1 Å². The van der Waals surface area contributed by atoms with Crippen molar-refractivity contribution in [1.29, 1.82) is 0 Å². The van der Waals surface area contributed by atoms with Crippen molar-refractivity contribution in [3.8, 4) is 0 Å². The monoisotopic (exact) mass is 422 g/mol. The number of amides is 2. The molecule has 2 heterocycles. The van der Waals surface area contributed by atoms with E-state index in [0.717, 1.165) is 39.3 Å². The molecule has 2 aliphatic rings. The topological polar surface area (TPSA) is 83.1 Å². The lowest BCUT2D eigenvalue weighted by atomic mass is 10.2. The zero-order valence-electron chi connectivity index (χ0n) is 17.7. The minimum Gasteiger partial charge on any atom is -0.379 e. The highest BCUT2D eigenvalue weighted by atomic mass is 19.1. The summed E-state index contributed by atoms with van der Waals surface area (Å²) in [6, 6.07) is 4.46. The van der Waals surface area contributed by atoms with Crippen molar-refractivity contribution in [2.75, 3.05) is 62.7 Å². The van der Waals surface area contributed by atoms with Gasteiger partial charge < -0.3 is 25.0 Å². The van der Waals surface area contributed by atoms with E-state index in [-0.39, 0.29) is 17.9 Å². The van der Waals surface area contributed by atoms with Crippen LogP contribution in [0.2, 0.25) is 0 Å². The number of anilines is 2. The molecule has 3 rings (SSSR count). The van der Waals surface area contributed by atoms with Gasteiger partial charge in [0.15, 0.2) is 0 Å². The Labute approximate surface area is 176 Å². The van der Waals surface area contributed by atoms with Gasteiger partial charge in [-0.1, -0.05) is 0 Å². The van der Waals surface area contributed by atoms with Gasteiger partial charge in [0.2, 0.25) is 0 Å². The fraction of sp³-hybridized carbons (Fsp3) is 0.619. The molecule has 2 amide bonds. The van der Waals surface area contributed by atoms with Crippen LogP contribution in [0.4, 0.5) is 15.8 Å². The molecule has 0 spiro atoms. The Morgan fingerprint density at radius 2 is 1.83 bits per heavy atom. The second kappa shape index (κ2) is 10.7. The summed E-state index contributed by atoms with van der Waals surface area (Å²) in [5, 5.41) is 5.06. The zero-order chi connectivity index (χ0) is 21.5. The predicted octanol–water partition coefficient (Wildman–Crippen LogP) is 1.22. The Balaban J connectivity index is 1.45. The van der Waals surface area contributed by atoms with Gasteiger partial charge in [-0.2, -0.15) is 0 Å². The van der Waals surface area contributed by atoms with Crippen LogP contribution < -0.4 is 15.5 Å². The number of morpholine rings is 2. The molecule has 0 aliphatic carbocycles. The summed E-state index contributed by atoms with van der Waals surface area (Å²) in [6.07, 6.45) is 0.776. The summed E-state index contributed by atoms with van der Waals surface area (Å²) in [4.78, 5) is 28.3. The number of ether oxygens (including phenoxy) is 2. The van der Waals surface area contributed by atoms with Crippen LogP contribution in [0.5, 0.6) is 0 Å². The number of nitrogens with one attached hydrogen (secondary N) is 2. The van der Waals surface area contributed by atoms with Crippen molar-refractivity contribution in [3.63, 3.8) is 0 Å². The standard InChI is InChI=1S/C21H31FN4O4/c1-15-13-26(14-16(2)30-15)19-5-4-17(12-18(19)22)24-21(28)20(27)23-6-3-7-25-8-10-29-11-9-25/h4-5,12,15-16H,3,6-11,13-14H2,1-2H3,(H,23,27)(H,24,28). The van der Waals surface area contributed by atoms with Gasteiger partial charge in [0.1, 0.15) is 5.82 Å². The average Bonchev–Trinajstić information content (AvgIpc) is 2.71. The van der Waals surface area contributed by atoms with E-state index in [1.165, 1.54) is 6.07 Å². The van der Waals surface area contributed by atoms with Gasteiger partial charge in [-0.3, -0.25) is 14.5 Å². The van der Waals surface area contributed by atoms with Gasteiger partial charge in [0.25, 0.3) is 0 Å². The third-order valence-corrected chi connectivity index (χ3v) is 5.21. The number of halogens is 1. The minimum absolute atomic E-state index is 0.0134. The summed E-state index contributed by atoms with van der Waals surface area (Å²) in [5.41, 5.74) is 0.710. The van der Waals surface area contributed by atoms with Crippen LogP contribution in [0.1, 0.15) is 20.3 Å². The zero-order valence-corrected chi connectivity index (χ0v) is 17.7. The predicted molar refractivity (Wildman–Crippen MR) is 112 cm³/mol. The number of hydrogen-bond acceptors (Lipinski definition) is 6. The Morgan fingerprint density at radius 1 is 1.13 bits per heavy atom. The van der Waals surface area contributed by atoms with Crippen LogP contribution in [0.25, 0.3) is 0 Å². The van der Waals surface area contributed by atoms with Crippen molar-refractivity contribution in [2.24, 2.45) is 0 Å². The van der Waals surface area contributed by atoms with E-state index in [4.69, 9.17) is 9.47 Å². The number of rotatable bonds is 6. The Bertz CT molecular complexity index is 732. The lowest BCUT2D eigenvalue weighted by Gasteiger charge is -2.37. The van der Waals surface area contributed by atoms with E-state index in [2.05, 4.69) is 15.5 Å². The molecule has 0 radical (unpaired) electrons. The van der Waals surface area contributed by atoms with Crippen molar-refractivity contribution < 1.29 is 23.5 Å². The number of nitrogens with zero attached hydrogens (tertiary/aromatic N) is 2. The van der Waals surface area contributed by atoms with Gasteiger partial charge in [-0.15, -0.1) is 0 Å². The van der Waals surface area contributed by atoms with Gasteiger partial charge >= 0.3 is 11.8 Å². The maximum Gasteiger partial charge on any atom is 0.313 e. The van der Waals surface area contributed by atoms with E-state index in [9.17, 15) is 14.0 Å². The Hall–Kier alpha value is -2.23. The molecule has 2 saturated heterocycles. The second-order valence-corrected chi connectivity index (χ2v) is 7.85. The molecule has 0 saturated carbocycles. The van der Waals surface area contributed by atoms with E-state index in [1.807, 2.05) is 18.7 Å². The van der Waals surface area contributed by atoms with Crippen molar-refractivity contribution >= 4 is 23.2 Å². The van der Waals surface area contributed by atoms with Gasteiger partial charge in [0, 0.05) is 38.4 Å². The first-order chi connectivity index (χ1) is 14.4. The lowest BCUT2D eigenvalue weighted by molar-refractivity contribution is -0.136. The minimum atomic E-state index is -0.804. The molecule has 9 heteroatoms. The molecule has 0 bridgehead atoms. The molecule has 2 N–H and O–H groups in total. The van der Waals surface area contributed by atoms with Gasteiger partial charge in [-0.25, -0.2) is 4.39 Å². The number of carbonyl (C=O) groups excluding carboxylic acids is 2. The average molecular weight is 423 g/mol. The fourth-order valence-electron chi connectivity index (χ4n) is 3.81. The molecular weight excluding hydrogens is 391 g/mol. The highest BCUT2D eigenvalue weighted by Crippen LogP contribution is 2.26. The molecule has 1 aromatic carbocycles. The second-order valence-electron chi connectivity index (χ2n) is 7.85. The van der Waals surface area contributed by atoms with E-state index in [1.54, 1.807) is 12.1 Å². The summed E-state index contributed by atoms with van der Waals surface area (Å²) in [7, 11) is 0. The summed E-state index contributed by atoms with van der Waals surface area (Å²) >= 11 is 0. The van der Waals surface area contributed by atoms with E-state index in [0.29, 0.717) is 25.3 Å². The first-order valence-electron chi connectivity index (χ1n) is 10.5. The SMILES string of the molecule is CC1CN(c2ccc(NC(=O)C(=O)NCCCN3CCOCC3)cc2F)CC(C)O1. The summed E-state index contributed by atoms with van der Waals surface area (Å²) in [6.45, 7) is 9.59. The Morgan fingerprint density at radius 3 is 2.50 bits per heavy atom.